The second-order valence-corrected chi connectivity index (χ2v) is 5.64. The molecule has 4 nitrogen and oxygen atoms in total. The largest absolute Gasteiger partial charge is 0.481 e. The van der Waals surface area contributed by atoms with Gasteiger partial charge in [-0.2, -0.15) is 0 Å². The average molecular weight is 308 g/mol. The van der Waals surface area contributed by atoms with Gasteiger partial charge in [0, 0.05) is 10.9 Å². The molecule has 0 saturated carbocycles. The minimum atomic E-state index is -0.926. The average Bonchev–Trinajstić information content (AvgIpc) is 2.95. The molecule has 116 valence electrons. The molecule has 0 spiro atoms. The summed E-state index contributed by atoms with van der Waals surface area (Å²) in [5.74, 6) is -1.08. The molecule has 3 rings (SSSR count). The standard InChI is InChI=1S/C19H16O4/c1-11-3-5-13(6-4-11)18(22)17-12(2)15(10-16(20)21)9-14-7-8-23-19(14)17/h3-9H,10H2,1-2H3,(H,20,21). The molecule has 4 heteroatoms. The second kappa shape index (κ2) is 5.72. The smallest absolute Gasteiger partial charge is 0.307 e. The summed E-state index contributed by atoms with van der Waals surface area (Å²) in [7, 11) is 0. The van der Waals surface area contributed by atoms with Crippen molar-refractivity contribution in [2.75, 3.05) is 0 Å². The van der Waals surface area contributed by atoms with E-state index in [2.05, 4.69) is 0 Å². The number of furan rings is 1. The predicted octanol–water partition coefficient (Wildman–Crippen LogP) is 3.91. The first-order chi connectivity index (χ1) is 11.0. The highest BCUT2D eigenvalue weighted by Gasteiger charge is 2.21. The van der Waals surface area contributed by atoms with Crippen LogP contribution >= 0.6 is 0 Å². The first-order valence-corrected chi connectivity index (χ1v) is 7.30. The maximum absolute atomic E-state index is 12.9. The number of aliphatic carboxylic acids is 1. The maximum Gasteiger partial charge on any atom is 0.307 e. The van der Waals surface area contributed by atoms with Crippen molar-refractivity contribution >= 4 is 22.7 Å². The summed E-state index contributed by atoms with van der Waals surface area (Å²) in [5, 5.41) is 9.82. The number of carbonyl (C=O) groups is 2. The van der Waals surface area contributed by atoms with Crippen molar-refractivity contribution in [3.8, 4) is 0 Å². The molecule has 3 aromatic rings. The van der Waals surface area contributed by atoms with Crippen molar-refractivity contribution in [2.45, 2.75) is 20.3 Å². The number of hydrogen-bond donors (Lipinski definition) is 1. The Morgan fingerprint density at radius 2 is 1.78 bits per heavy atom. The molecule has 0 aliphatic carbocycles. The fraction of sp³-hybridized carbons (Fsp3) is 0.158. The van der Waals surface area contributed by atoms with Crippen LogP contribution in [0.3, 0.4) is 0 Å². The monoisotopic (exact) mass is 308 g/mol. The van der Waals surface area contributed by atoms with Crippen LogP contribution in [0.1, 0.15) is 32.6 Å². The van der Waals surface area contributed by atoms with Crippen LogP contribution in [-0.4, -0.2) is 16.9 Å². The SMILES string of the molecule is Cc1ccc(C(=O)c2c(C)c(CC(=O)O)cc3ccoc23)cc1. The Labute approximate surface area is 133 Å². The van der Waals surface area contributed by atoms with Crippen molar-refractivity contribution in [3.05, 3.63) is 70.5 Å². The first kappa shape index (κ1) is 15.0. The number of fused-ring (bicyclic) bond motifs is 1. The molecular weight excluding hydrogens is 292 g/mol. The molecule has 1 aromatic heterocycles. The maximum atomic E-state index is 12.9. The Hall–Kier alpha value is -2.88. The number of hydrogen-bond acceptors (Lipinski definition) is 3. The highest BCUT2D eigenvalue weighted by Crippen LogP contribution is 2.29. The fourth-order valence-electron chi connectivity index (χ4n) is 2.73. The number of aryl methyl sites for hydroxylation is 1. The second-order valence-electron chi connectivity index (χ2n) is 5.64. The third kappa shape index (κ3) is 2.75. The summed E-state index contributed by atoms with van der Waals surface area (Å²) in [6.45, 7) is 3.72. The van der Waals surface area contributed by atoms with Crippen LogP contribution in [0.2, 0.25) is 0 Å². The molecule has 1 heterocycles. The summed E-state index contributed by atoms with van der Waals surface area (Å²) >= 11 is 0. The zero-order valence-corrected chi connectivity index (χ0v) is 12.9. The van der Waals surface area contributed by atoms with Gasteiger partial charge < -0.3 is 9.52 Å². The molecule has 0 saturated heterocycles. The summed E-state index contributed by atoms with van der Waals surface area (Å²) in [4.78, 5) is 24.0. The van der Waals surface area contributed by atoms with Crippen LogP contribution < -0.4 is 0 Å². The van der Waals surface area contributed by atoms with Crippen molar-refractivity contribution in [1.29, 1.82) is 0 Å². The van der Waals surface area contributed by atoms with Gasteiger partial charge in [0.05, 0.1) is 18.2 Å². The Morgan fingerprint density at radius 3 is 2.43 bits per heavy atom. The Balaban J connectivity index is 2.20. The van der Waals surface area contributed by atoms with Crippen molar-refractivity contribution in [1.82, 2.24) is 0 Å². The molecule has 0 aliphatic rings. The van der Waals surface area contributed by atoms with E-state index in [1.165, 1.54) is 6.26 Å². The molecule has 0 atom stereocenters. The van der Waals surface area contributed by atoms with Gasteiger partial charge in [0.15, 0.2) is 5.78 Å². The van der Waals surface area contributed by atoms with Crippen LogP contribution in [0.15, 0.2) is 47.1 Å². The molecule has 0 amide bonds. The lowest BCUT2D eigenvalue weighted by Gasteiger charge is -2.11. The van der Waals surface area contributed by atoms with E-state index < -0.39 is 5.97 Å². The van der Waals surface area contributed by atoms with Crippen LogP contribution in [0.4, 0.5) is 0 Å². The van der Waals surface area contributed by atoms with Crippen molar-refractivity contribution < 1.29 is 19.1 Å². The molecule has 2 aromatic carbocycles. The van der Waals surface area contributed by atoms with E-state index in [1.54, 1.807) is 31.2 Å². The van der Waals surface area contributed by atoms with Gasteiger partial charge >= 0.3 is 5.97 Å². The van der Waals surface area contributed by atoms with Gasteiger partial charge in [0.2, 0.25) is 0 Å². The van der Waals surface area contributed by atoms with Gasteiger partial charge in [0.25, 0.3) is 0 Å². The first-order valence-electron chi connectivity index (χ1n) is 7.30. The number of carboxylic acids is 1. The minimum Gasteiger partial charge on any atom is -0.481 e. The van der Waals surface area contributed by atoms with Gasteiger partial charge in [-0.1, -0.05) is 29.8 Å². The number of rotatable bonds is 4. The van der Waals surface area contributed by atoms with Crippen molar-refractivity contribution in [3.63, 3.8) is 0 Å². The zero-order chi connectivity index (χ0) is 16.6. The predicted molar refractivity (Wildman–Crippen MR) is 86.9 cm³/mol. The van der Waals surface area contributed by atoms with E-state index in [-0.39, 0.29) is 12.2 Å². The topological polar surface area (TPSA) is 67.5 Å². The van der Waals surface area contributed by atoms with Crippen LogP contribution in [0.5, 0.6) is 0 Å². The zero-order valence-electron chi connectivity index (χ0n) is 12.9. The number of ketones is 1. The lowest BCUT2D eigenvalue weighted by molar-refractivity contribution is -0.136. The Bertz CT molecular complexity index is 901. The summed E-state index contributed by atoms with van der Waals surface area (Å²) in [6, 6.07) is 10.8. The quantitative estimate of drug-likeness (QED) is 0.742. The van der Waals surface area contributed by atoms with Gasteiger partial charge in [-0.05, 0) is 37.1 Å². The molecule has 23 heavy (non-hydrogen) atoms. The fourth-order valence-corrected chi connectivity index (χ4v) is 2.73. The Morgan fingerprint density at radius 1 is 1.09 bits per heavy atom. The van der Waals surface area contributed by atoms with Crippen LogP contribution in [-0.2, 0) is 11.2 Å². The Kier molecular flexibility index (Phi) is 3.74. The van der Waals surface area contributed by atoms with E-state index >= 15 is 0 Å². The summed E-state index contributed by atoms with van der Waals surface area (Å²) in [6.07, 6.45) is 1.39. The van der Waals surface area contributed by atoms with E-state index in [0.29, 0.717) is 27.8 Å². The van der Waals surface area contributed by atoms with E-state index in [4.69, 9.17) is 9.52 Å². The van der Waals surface area contributed by atoms with Gasteiger partial charge in [-0.25, -0.2) is 0 Å². The highest BCUT2D eigenvalue weighted by atomic mass is 16.4. The molecule has 0 aliphatic heterocycles. The normalized spacial score (nSPS) is 10.9. The van der Waals surface area contributed by atoms with Crippen LogP contribution in [0.25, 0.3) is 11.0 Å². The molecule has 0 fully saturated rings. The number of carboxylic acid groups (broad SMARTS) is 1. The lowest BCUT2D eigenvalue weighted by Crippen LogP contribution is -2.09. The number of benzene rings is 2. The van der Waals surface area contributed by atoms with Gasteiger partial charge in [0.1, 0.15) is 5.58 Å². The number of carbonyl (C=O) groups excluding carboxylic acids is 1. The molecule has 1 N–H and O–H groups in total. The molecule has 0 bridgehead atoms. The van der Waals surface area contributed by atoms with E-state index in [0.717, 1.165) is 10.9 Å². The summed E-state index contributed by atoms with van der Waals surface area (Å²) < 4.78 is 5.49. The minimum absolute atomic E-state index is 0.124. The third-order valence-corrected chi connectivity index (χ3v) is 3.99. The van der Waals surface area contributed by atoms with Gasteiger partial charge in [-0.3, -0.25) is 9.59 Å². The van der Waals surface area contributed by atoms with Gasteiger partial charge in [-0.15, -0.1) is 0 Å². The molecule has 0 unspecified atom stereocenters. The van der Waals surface area contributed by atoms with E-state index in [9.17, 15) is 9.59 Å². The van der Waals surface area contributed by atoms with Crippen molar-refractivity contribution in [2.24, 2.45) is 0 Å². The lowest BCUT2D eigenvalue weighted by atomic mass is 9.92. The molecule has 0 radical (unpaired) electrons. The molecular formula is C19H16O4. The third-order valence-electron chi connectivity index (χ3n) is 3.99. The highest BCUT2D eigenvalue weighted by molar-refractivity contribution is 6.16. The van der Waals surface area contributed by atoms with Crippen LogP contribution in [0, 0.1) is 13.8 Å². The van der Waals surface area contributed by atoms with E-state index in [1.807, 2.05) is 19.1 Å². The summed E-state index contributed by atoms with van der Waals surface area (Å²) in [5.41, 5.74) is 3.85.